The van der Waals surface area contributed by atoms with Crippen molar-refractivity contribution in [1.29, 1.82) is 0 Å². The lowest BCUT2D eigenvalue weighted by molar-refractivity contribution is -0.110. The molecule has 124 valence electrons. The molecular weight excluding hydrogens is 316 g/mol. The summed E-state index contributed by atoms with van der Waals surface area (Å²) in [5.41, 5.74) is 1.41. The Balaban J connectivity index is 1.82. The highest BCUT2D eigenvalue weighted by Crippen LogP contribution is 2.33. The van der Waals surface area contributed by atoms with E-state index in [9.17, 15) is 13.6 Å². The number of carbonyl (C=O) groups excluding carboxylic acids is 1. The van der Waals surface area contributed by atoms with Crippen molar-refractivity contribution >= 4 is 28.5 Å². The van der Waals surface area contributed by atoms with E-state index in [1.54, 1.807) is 12.1 Å². The number of aliphatic hydroxyl groups is 1. The van der Waals surface area contributed by atoms with Gasteiger partial charge in [0.1, 0.15) is 11.6 Å². The summed E-state index contributed by atoms with van der Waals surface area (Å²) in [7, 11) is 0. The average molecular weight is 331 g/mol. The molecule has 0 saturated carbocycles. The number of benzene rings is 2. The van der Waals surface area contributed by atoms with Crippen LogP contribution in [0.3, 0.4) is 0 Å². The van der Waals surface area contributed by atoms with Gasteiger partial charge < -0.3 is 21.1 Å². The molecule has 2 aromatic rings. The van der Waals surface area contributed by atoms with Crippen molar-refractivity contribution in [2.45, 2.75) is 0 Å². The van der Waals surface area contributed by atoms with Crippen LogP contribution in [0.1, 0.15) is 5.56 Å². The fourth-order valence-electron chi connectivity index (χ4n) is 2.44. The number of fused-ring (bicyclic) bond motifs is 1. The molecule has 7 heteroatoms. The van der Waals surface area contributed by atoms with Gasteiger partial charge in [0.05, 0.1) is 23.6 Å². The third kappa shape index (κ3) is 3.07. The molecule has 3 rings (SSSR count). The Morgan fingerprint density at radius 1 is 1.17 bits per heavy atom. The molecule has 0 spiro atoms. The molecule has 4 N–H and O–H groups in total. The molecule has 2 aromatic carbocycles. The molecule has 1 amide bonds. The summed E-state index contributed by atoms with van der Waals surface area (Å²) < 4.78 is 27.8. The van der Waals surface area contributed by atoms with E-state index < -0.39 is 17.5 Å². The summed E-state index contributed by atoms with van der Waals surface area (Å²) in [5, 5.41) is 16.8. The van der Waals surface area contributed by atoms with Crippen LogP contribution in [0.2, 0.25) is 0 Å². The average Bonchev–Trinajstić information content (AvgIpc) is 2.89. The molecule has 5 nitrogen and oxygen atoms in total. The van der Waals surface area contributed by atoms with Crippen molar-refractivity contribution in [1.82, 2.24) is 0 Å². The van der Waals surface area contributed by atoms with Crippen molar-refractivity contribution in [3.63, 3.8) is 0 Å². The number of hydrogen-bond donors (Lipinski definition) is 4. The van der Waals surface area contributed by atoms with Crippen LogP contribution < -0.4 is 16.0 Å². The zero-order chi connectivity index (χ0) is 17.1. The fraction of sp³-hybridized carbons (Fsp3) is 0.118. The van der Waals surface area contributed by atoms with Crippen LogP contribution in [0.4, 0.5) is 25.8 Å². The number of aliphatic hydroxyl groups excluding tert-OH is 1. The van der Waals surface area contributed by atoms with Crippen molar-refractivity contribution in [3.05, 3.63) is 59.8 Å². The summed E-state index contributed by atoms with van der Waals surface area (Å²) in [4.78, 5) is 12.0. The molecule has 24 heavy (non-hydrogen) atoms. The monoisotopic (exact) mass is 331 g/mol. The van der Waals surface area contributed by atoms with Crippen molar-refractivity contribution in [2.24, 2.45) is 0 Å². The van der Waals surface area contributed by atoms with Crippen LogP contribution in [-0.2, 0) is 4.79 Å². The lowest BCUT2D eigenvalue weighted by Crippen LogP contribution is -2.07. The van der Waals surface area contributed by atoms with Crippen LogP contribution in [0.25, 0.3) is 5.57 Å². The third-order valence-electron chi connectivity index (χ3n) is 3.56. The Labute approximate surface area is 137 Å². The Hall–Kier alpha value is -2.93. The minimum Gasteiger partial charge on any atom is -0.395 e. The van der Waals surface area contributed by atoms with Crippen LogP contribution in [0, 0.1) is 11.6 Å². The second-order valence-electron chi connectivity index (χ2n) is 5.16. The zero-order valence-electron chi connectivity index (χ0n) is 12.6. The van der Waals surface area contributed by atoms with Gasteiger partial charge in [-0.05, 0) is 30.3 Å². The van der Waals surface area contributed by atoms with Gasteiger partial charge in [-0.3, -0.25) is 4.79 Å². The van der Waals surface area contributed by atoms with Gasteiger partial charge in [0.2, 0.25) is 0 Å². The molecule has 0 bridgehead atoms. The lowest BCUT2D eigenvalue weighted by Gasteiger charge is -2.08. The molecule has 0 saturated heterocycles. The van der Waals surface area contributed by atoms with Gasteiger partial charge in [0.15, 0.2) is 0 Å². The maximum Gasteiger partial charge on any atom is 0.257 e. The lowest BCUT2D eigenvalue weighted by atomic mass is 10.1. The van der Waals surface area contributed by atoms with E-state index in [1.165, 1.54) is 30.5 Å². The van der Waals surface area contributed by atoms with Gasteiger partial charge in [0.25, 0.3) is 5.91 Å². The van der Waals surface area contributed by atoms with Crippen molar-refractivity contribution in [3.8, 4) is 0 Å². The number of carbonyl (C=O) groups is 1. The third-order valence-corrected chi connectivity index (χ3v) is 3.56. The topological polar surface area (TPSA) is 73.4 Å². The first-order chi connectivity index (χ1) is 11.6. The number of anilines is 3. The quantitative estimate of drug-likeness (QED) is 0.636. The van der Waals surface area contributed by atoms with Gasteiger partial charge in [-0.25, -0.2) is 8.78 Å². The number of nitrogens with one attached hydrogen (secondary N) is 3. The number of hydrogen-bond acceptors (Lipinski definition) is 4. The summed E-state index contributed by atoms with van der Waals surface area (Å²) >= 11 is 0. The van der Waals surface area contributed by atoms with E-state index >= 15 is 0 Å². The van der Waals surface area contributed by atoms with Crippen LogP contribution in [0.5, 0.6) is 0 Å². The minimum atomic E-state index is -0.506. The molecule has 0 unspecified atom stereocenters. The van der Waals surface area contributed by atoms with Gasteiger partial charge >= 0.3 is 0 Å². The van der Waals surface area contributed by atoms with Crippen molar-refractivity contribution in [2.75, 3.05) is 29.1 Å². The molecule has 1 aliphatic heterocycles. The van der Waals surface area contributed by atoms with Crippen molar-refractivity contribution < 1.29 is 18.7 Å². The summed E-state index contributed by atoms with van der Waals surface area (Å²) in [6.45, 7) is 0.135. The first-order valence-electron chi connectivity index (χ1n) is 7.31. The predicted octanol–water partition coefficient (Wildman–Crippen LogP) is 2.77. The number of amides is 1. The molecule has 1 heterocycles. The fourth-order valence-corrected chi connectivity index (χ4v) is 2.44. The van der Waals surface area contributed by atoms with Gasteiger partial charge in [-0.15, -0.1) is 0 Å². The van der Waals surface area contributed by atoms with Crippen LogP contribution in [-0.4, -0.2) is 24.2 Å². The van der Waals surface area contributed by atoms with Gasteiger partial charge in [-0.1, -0.05) is 6.07 Å². The molecule has 1 aliphatic rings. The highest BCUT2D eigenvalue weighted by atomic mass is 19.1. The van der Waals surface area contributed by atoms with E-state index in [0.29, 0.717) is 11.4 Å². The molecular formula is C17H15F2N3O2. The van der Waals surface area contributed by atoms with Gasteiger partial charge in [-0.2, -0.15) is 0 Å². The van der Waals surface area contributed by atoms with E-state index in [2.05, 4.69) is 16.0 Å². The Bertz CT molecular complexity index is 821. The summed E-state index contributed by atoms with van der Waals surface area (Å²) in [6, 6.07) is 8.75. The number of halogens is 2. The minimum absolute atomic E-state index is 0.106. The molecule has 0 aliphatic carbocycles. The van der Waals surface area contributed by atoms with E-state index in [1.807, 2.05) is 0 Å². The summed E-state index contributed by atoms with van der Waals surface area (Å²) in [5.74, 6) is -1.44. The number of rotatable bonds is 5. The Morgan fingerprint density at radius 3 is 2.75 bits per heavy atom. The zero-order valence-corrected chi connectivity index (χ0v) is 12.6. The Kier molecular flexibility index (Phi) is 4.43. The molecule has 0 aromatic heterocycles. The predicted molar refractivity (Wildman–Crippen MR) is 88.6 cm³/mol. The highest BCUT2D eigenvalue weighted by molar-refractivity contribution is 6.31. The van der Waals surface area contributed by atoms with E-state index in [0.717, 1.165) is 0 Å². The largest absolute Gasteiger partial charge is 0.395 e. The molecule has 0 fully saturated rings. The maximum atomic E-state index is 13.9. The smallest absolute Gasteiger partial charge is 0.257 e. The highest BCUT2D eigenvalue weighted by Gasteiger charge is 2.27. The second kappa shape index (κ2) is 6.67. The van der Waals surface area contributed by atoms with E-state index in [4.69, 9.17) is 5.11 Å². The van der Waals surface area contributed by atoms with E-state index in [-0.39, 0.29) is 30.0 Å². The maximum absolute atomic E-state index is 13.9. The van der Waals surface area contributed by atoms with Crippen LogP contribution in [0.15, 0.2) is 42.6 Å². The molecule has 0 radical (unpaired) electrons. The normalized spacial score (nSPS) is 14.5. The summed E-state index contributed by atoms with van der Waals surface area (Å²) in [6.07, 6.45) is 1.35. The SMILES string of the molecule is O=C1Nc2cccc(F)c2/C1=C\Nc1ccc(NCCO)c(F)c1. The Morgan fingerprint density at radius 2 is 2.00 bits per heavy atom. The van der Waals surface area contributed by atoms with Gasteiger partial charge in [0, 0.05) is 24.0 Å². The first-order valence-corrected chi connectivity index (χ1v) is 7.31. The standard InChI is InChI=1S/C17H15F2N3O2/c18-12-2-1-3-15-16(12)11(17(24)22-15)9-21-10-4-5-14(13(19)8-10)20-6-7-23/h1-5,8-9,20-21,23H,6-7H2,(H,22,24)/b11-9+. The first kappa shape index (κ1) is 15.9. The second-order valence-corrected chi connectivity index (χ2v) is 5.16. The van der Waals surface area contributed by atoms with Crippen LogP contribution >= 0.6 is 0 Å². The molecule has 0 atom stereocenters.